The molecule has 1 fully saturated rings. The molecule has 0 saturated carbocycles. The molecule has 2 rings (SSSR count). The Labute approximate surface area is 89.0 Å². The second kappa shape index (κ2) is 4.30. The Morgan fingerprint density at radius 3 is 2.67 bits per heavy atom. The quantitative estimate of drug-likeness (QED) is 0.703. The Kier molecular flexibility index (Phi) is 3.04. The van der Waals surface area contributed by atoms with Gasteiger partial charge < -0.3 is 14.8 Å². The number of aliphatic hydroxyl groups excluding tert-OH is 2. The van der Waals surface area contributed by atoms with Crippen LogP contribution in [0.2, 0.25) is 0 Å². The van der Waals surface area contributed by atoms with E-state index in [1.807, 2.05) is 11.1 Å². The molecule has 1 aliphatic heterocycles. The van der Waals surface area contributed by atoms with E-state index in [2.05, 4.69) is 16.5 Å². The molecule has 1 aliphatic rings. The van der Waals surface area contributed by atoms with Crippen LogP contribution in [0.4, 0.5) is 0 Å². The minimum absolute atomic E-state index is 0.526. The van der Waals surface area contributed by atoms with Gasteiger partial charge in [-0.1, -0.05) is 0 Å². The summed E-state index contributed by atoms with van der Waals surface area (Å²) >= 11 is 0. The molecule has 0 unspecified atom stereocenters. The van der Waals surface area contributed by atoms with Crippen LogP contribution in [0.1, 0.15) is 12.7 Å². The molecule has 0 radical (unpaired) electrons. The van der Waals surface area contributed by atoms with Gasteiger partial charge in [0.05, 0.1) is 18.8 Å². The highest BCUT2D eigenvalue weighted by Crippen LogP contribution is 2.13. The van der Waals surface area contributed by atoms with Gasteiger partial charge in [-0.15, -0.1) is 0 Å². The predicted molar refractivity (Wildman–Crippen MR) is 55.2 cm³/mol. The van der Waals surface area contributed by atoms with Crippen LogP contribution in [0.25, 0.3) is 0 Å². The number of rotatable bonds is 3. The molecule has 2 N–H and O–H groups in total. The maximum absolute atomic E-state index is 9.40. The summed E-state index contributed by atoms with van der Waals surface area (Å²) in [5.74, 6) is 0.985. The Balaban J connectivity index is 1.98. The number of aliphatic hydroxyl groups is 2. The van der Waals surface area contributed by atoms with E-state index in [9.17, 15) is 10.2 Å². The van der Waals surface area contributed by atoms with Crippen molar-refractivity contribution in [2.45, 2.75) is 32.2 Å². The highest BCUT2D eigenvalue weighted by Gasteiger charge is 2.29. The summed E-state index contributed by atoms with van der Waals surface area (Å²) in [7, 11) is 0. The van der Waals surface area contributed by atoms with Crippen LogP contribution in [-0.4, -0.2) is 50.0 Å². The van der Waals surface area contributed by atoms with E-state index in [0.29, 0.717) is 19.6 Å². The van der Waals surface area contributed by atoms with Gasteiger partial charge in [0, 0.05) is 32.0 Å². The zero-order chi connectivity index (χ0) is 10.8. The van der Waals surface area contributed by atoms with Crippen molar-refractivity contribution in [3.05, 3.63) is 18.2 Å². The van der Waals surface area contributed by atoms with Gasteiger partial charge >= 0.3 is 0 Å². The van der Waals surface area contributed by atoms with E-state index in [1.165, 1.54) is 0 Å². The molecule has 15 heavy (non-hydrogen) atoms. The lowest BCUT2D eigenvalue weighted by molar-refractivity contribution is 0.0572. The van der Waals surface area contributed by atoms with Crippen molar-refractivity contribution in [3.8, 4) is 0 Å². The van der Waals surface area contributed by atoms with Crippen LogP contribution in [0.15, 0.2) is 12.4 Å². The summed E-state index contributed by atoms with van der Waals surface area (Å²) in [6, 6.07) is 0. The van der Waals surface area contributed by atoms with Crippen LogP contribution in [0, 0.1) is 0 Å². The molecule has 0 bridgehead atoms. The molecule has 1 aromatic heterocycles. The molecular weight excluding hydrogens is 194 g/mol. The van der Waals surface area contributed by atoms with Crippen molar-refractivity contribution in [2.24, 2.45) is 0 Å². The fraction of sp³-hybridized carbons (Fsp3) is 0.700. The minimum Gasteiger partial charge on any atom is -0.389 e. The molecule has 0 aliphatic carbocycles. The van der Waals surface area contributed by atoms with Gasteiger partial charge in [0.25, 0.3) is 0 Å². The smallest absolute Gasteiger partial charge is 0.122 e. The Morgan fingerprint density at radius 2 is 2.07 bits per heavy atom. The average Bonchev–Trinajstić information content (AvgIpc) is 2.75. The lowest BCUT2D eigenvalue weighted by Gasteiger charge is -2.14. The van der Waals surface area contributed by atoms with Crippen LogP contribution >= 0.6 is 0 Å². The number of hydrogen-bond acceptors (Lipinski definition) is 4. The summed E-state index contributed by atoms with van der Waals surface area (Å²) in [6.07, 6.45) is 2.49. The van der Waals surface area contributed by atoms with E-state index in [4.69, 9.17) is 0 Å². The number of imidazole rings is 1. The summed E-state index contributed by atoms with van der Waals surface area (Å²) in [4.78, 5) is 6.28. The Morgan fingerprint density at radius 1 is 1.40 bits per heavy atom. The van der Waals surface area contributed by atoms with Crippen molar-refractivity contribution < 1.29 is 10.2 Å². The number of likely N-dealkylation sites (tertiary alicyclic amines) is 1. The maximum atomic E-state index is 9.40. The van der Waals surface area contributed by atoms with Gasteiger partial charge in [-0.2, -0.15) is 0 Å². The largest absolute Gasteiger partial charge is 0.389 e. The third kappa shape index (κ3) is 2.19. The molecule has 2 heterocycles. The zero-order valence-corrected chi connectivity index (χ0v) is 8.87. The number of hydrogen-bond donors (Lipinski definition) is 2. The van der Waals surface area contributed by atoms with E-state index >= 15 is 0 Å². The van der Waals surface area contributed by atoms with Crippen LogP contribution < -0.4 is 0 Å². The van der Waals surface area contributed by atoms with E-state index in [-0.39, 0.29) is 0 Å². The number of aromatic nitrogens is 2. The van der Waals surface area contributed by atoms with Gasteiger partial charge in [-0.25, -0.2) is 4.98 Å². The van der Waals surface area contributed by atoms with E-state index in [1.54, 1.807) is 6.20 Å². The number of β-amino-alcohol motifs (C(OH)–C–C–N with tert-alkyl or cyclic N) is 2. The van der Waals surface area contributed by atoms with Gasteiger partial charge in [0.2, 0.25) is 0 Å². The predicted octanol–water partition coefficient (Wildman–Crippen LogP) is -0.560. The fourth-order valence-corrected chi connectivity index (χ4v) is 1.96. The number of aryl methyl sites for hydroxylation is 1. The maximum Gasteiger partial charge on any atom is 0.122 e. The van der Waals surface area contributed by atoms with Crippen molar-refractivity contribution >= 4 is 0 Å². The van der Waals surface area contributed by atoms with Gasteiger partial charge in [-0.3, -0.25) is 4.90 Å². The Hall–Kier alpha value is -0.910. The van der Waals surface area contributed by atoms with Crippen molar-refractivity contribution in [2.75, 3.05) is 13.1 Å². The summed E-state index contributed by atoms with van der Waals surface area (Å²) in [5.41, 5.74) is 0. The van der Waals surface area contributed by atoms with Crippen molar-refractivity contribution in [1.82, 2.24) is 14.5 Å². The molecule has 0 spiro atoms. The van der Waals surface area contributed by atoms with Crippen LogP contribution in [0.3, 0.4) is 0 Å². The molecule has 2 atom stereocenters. The summed E-state index contributed by atoms with van der Waals surface area (Å²) in [6.45, 7) is 4.71. The lowest BCUT2D eigenvalue weighted by Crippen LogP contribution is -2.23. The molecule has 1 aromatic rings. The Bertz CT molecular complexity index is 316. The van der Waals surface area contributed by atoms with E-state index in [0.717, 1.165) is 12.4 Å². The minimum atomic E-state index is -0.616. The lowest BCUT2D eigenvalue weighted by atomic mass is 10.3. The standard InChI is InChI=1S/C10H17N3O2/c1-2-13-4-3-11-10(13)7-12-5-8(14)9(15)6-12/h3-4,8-9,14-15H,2,5-7H2,1H3/t8-,9+. The highest BCUT2D eigenvalue weighted by atomic mass is 16.3. The van der Waals surface area contributed by atoms with Crippen molar-refractivity contribution in [1.29, 1.82) is 0 Å². The van der Waals surface area contributed by atoms with Crippen LogP contribution in [-0.2, 0) is 13.1 Å². The summed E-state index contributed by atoms with van der Waals surface area (Å²) < 4.78 is 2.07. The van der Waals surface area contributed by atoms with Crippen LogP contribution in [0.5, 0.6) is 0 Å². The number of nitrogens with zero attached hydrogens (tertiary/aromatic N) is 3. The van der Waals surface area contributed by atoms with Gasteiger partial charge in [-0.05, 0) is 6.92 Å². The normalized spacial score (nSPS) is 27.4. The first-order valence-electron chi connectivity index (χ1n) is 5.29. The first-order chi connectivity index (χ1) is 7.20. The monoisotopic (exact) mass is 211 g/mol. The molecular formula is C10H17N3O2. The second-order valence-corrected chi connectivity index (χ2v) is 3.96. The molecule has 0 amide bonds. The molecule has 5 nitrogen and oxygen atoms in total. The zero-order valence-electron chi connectivity index (χ0n) is 8.87. The third-order valence-electron chi connectivity index (χ3n) is 2.84. The second-order valence-electron chi connectivity index (χ2n) is 3.96. The third-order valence-corrected chi connectivity index (χ3v) is 2.84. The van der Waals surface area contributed by atoms with E-state index < -0.39 is 12.2 Å². The average molecular weight is 211 g/mol. The fourth-order valence-electron chi connectivity index (χ4n) is 1.96. The molecule has 1 saturated heterocycles. The van der Waals surface area contributed by atoms with Gasteiger partial charge in [0.15, 0.2) is 0 Å². The van der Waals surface area contributed by atoms with Gasteiger partial charge in [0.1, 0.15) is 5.82 Å². The highest BCUT2D eigenvalue weighted by molar-refractivity contribution is 4.94. The first-order valence-corrected chi connectivity index (χ1v) is 5.29. The summed E-state index contributed by atoms with van der Waals surface area (Å²) in [5, 5.41) is 18.8. The SMILES string of the molecule is CCn1ccnc1CN1C[C@@H](O)[C@@H](O)C1. The molecule has 5 heteroatoms. The molecule has 84 valence electrons. The first kappa shape index (κ1) is 10.6. The molecule has 0 aromatic carbocycles. The van der Waals surface area contributed by atoms with Crippen molar-refractivity contribution in [3.63, 3.8) is 0 Å². The topological polar surface area (TPSA) is 61.5 Å².